The molecule has 0 unspecified atom stereocenters. The van der Waals surface area contributed by atoms with E-state index >= 15 is 0 Å². The molecule has 1 N–H and O–H groups in total. The summed E-state index contributed by atoms with van der Waals surface area (Å²) in [6.07, 6.45) is 0. The van der Waals surface area contributed by atoms with Crippen LogP contribution in [0, 0.1) is 6.92 Å². The summed E-state index contributed by atoms with van der Waals surface area (Å²) >= 11 is 0. The Bertz CT molecular complexity index is 883. The van der Waals surface area contributed by atoms with Gasteiger partial charge in [0.1, 0.15) is 11.5 Å². The van der Waals surface area contributed by atoms with Crippen LogP contribution >= 0.6 is 0 Å². The molecule has 0 spiro atoms. The largest absolute Gasteiger partial charge is 0.497 e. The smallest absolute Gasteiger partial charge is 0.255 e. The minimum atomic E-state index is -0.279. The number of rotatable bonds is 5. The number of methoxy groups -OCH3 is 2. The van der Waals surface area contributed by atoms with Gasteiger partial charge in [0.15, 0.2) is 0 Å². The van der Waals surface area contributed by atoms with Gasteiger partial charge in [0.25, 0.3) is 5.91 Å². The second-order valence-corrected chi connectivity index (χ2v) is 5.27. The van der Waals surface area contributed by atoms with Crippen molar-refractivity contribution in [3.63, 3.8) is 0 Å². The van der Waals surface area contributed by atoms with Crippen LogP contribution in [0.5, 0.6) is 11.5 Å². The van der Waals surface area contributed by atoms with Gasteiger partial charge in [-0.05, 0) is 24.3 Å². The standard InChI is InChI=1S/C18H17N3O4/c1-11-19-17(21-25-11)12-5-4-6-14(7-12)20-18(22)13-8-15(23-2)10-16(9-13)24-3/h4-10H,1-3H3,(H,20,22). The summed E-state index contributed by atoms with van der Waals surface area (Å²) in [5, 5.41) is 6.72. The van der Waals surface area contributed by atoms with Crippen LogP contribution in [0.1, 0.15) is 16.2 Å². The number of carbonyl (C=O) groups is 1. The van der Waals surface area contributed by atoms with Crippen molar-refractivity contribution in [2.75, 3.05) is 19.5 Å². The van der Waals surface area contributed by atoms with Crippen LogP contribution in [0.3, 0.4) is 0 Å². The third kappa shape index (κ3) is 3.77. The third-order valence-electron chi connectivity index (χ3n) is 3.52. The maximum atomic E-state index is 12.5. The van der Waals surface area contributed by atoms with Gasteiger partial charge < -0.3 is 19.3 Å². The lowest BCUT2D eigenvalue weighted by Crippen LogP contribution is -2.12. The van der Waals surface area contributed by atoms with E-state index in [0.29, 0.717) is 34.5 Å². The molecule has 0 aliphatic rings. The van der Waals surface area contributed by atoms with Gasteiger partial charge in [0, 0.05) is 29.8 Å². The number of aryl methyl sites for hydroxylation is 1. The number of benzene rings is 2. The lowest BCUT2D eigenvalue weighted by Gasteiger charge is -2.09. The summed E-state index contributed by atoms with van der Waals surface area (Å²) in [6.45, 7) is 1.72. The van der Waals surface area contributed by atoms with Crippen LogP contribution in [0.25, 0.3) is 11.4 Å². The second-order valence-electron chi connectivity index (χ2n) is 5.27. The number of hydrogen-bond acceptors (Lipinski definition) is 6. The van der Waals surface area contributed by atoms with E-state index in [1.165, 1.54) is 14.2 Å². The first-order chi connectivity index (χ1) is 12.1. The van der Waals surface area contributed by atoms with Crippen molar-refractivity contribution in [2.24, 2.45) is 0 Å². The zero-order chi connectivity index (χ0) is 17.8. The molecule has 0 bridgehead atoms. The first-order valence-corrected chi connectivity index (χ1v) is 7.54. The van der Waals surface area contributed by atoms with Gasteiger partial charge in [-0.25, -0.2) is 0 Å². The zero-order valence-electron chi connectivity index (χ0n) is 14.1. The summed E-state index contributed by atoms with van der Waals surface area (Å²) in [7, 11) is 3.07. The molecule has 0 radical (unpaired) electrons. The van der Waals surface area contributed by atoms with Gasteiger partial charge in [0.05, 0.1) is 14.2 Å². The van der Waals surface area contributed by atoms with Crippen molar-refractivity contribution in [3.8, 4) is 22.9 Å². The number of carbonyl (C=O) groups excluding carboxylic acids is 1. The zero-order valence-corrected chi connectivity index (χ0v) is 14.1. The van der Waals surface area contributed by atoms with E-state index in [-0.39, 0.29) is 5.91 Å². The molecule has 128 valence electrons. The summed E-state index contributed by atoms with van der Waals surface area (Å²) in [4.78, 5) is 16.7. The number of nitrogens with one attached hydrogen (secondary N) is 1. The van der Waals surface area contributed by atoms with Gasteiger partial charge in [-0.15, -0.1) is 0 Å². The van der Waals surface area contributed by atoms with Crippen LogP contribution in [0.4, 0.5) is 5.69 Å². The van der Waals surface area contributed by atoms with E-state index in [2.05, 4.69) is 15.5 Å². The minimum absolute atomic E-state index is 0.279. The highest BCUT2D eigenvalue weighted by Crippen LogP contribution is 2.24. The fraction of sp³-hybridized carbons (Fsp3) is 0.167. The Morgan fingerprint density at radius 3 is 2.40 bits per heavy atom. The fourth-order valence-electron chi connectivity index (χ4n) is 2.29. The summed E-state index contributed by atoms with van der Waals surface area (Å²) in [5.41, 5.74) is 1.79. The molecule has 3 aromatic rings. The van der Waals surface area contributed by atoms with Gasteiger partial charge in [0.2, 0.25) is 11.7 Å². The van der Waals surface area contributed by atoms with E-state index in [1.807, 2.05) is 12.1 Å². The fourth-order valence-corrected chi connectivity index (χ4v) is 2.29. The molecule has 3 rings (SSSR count). The Morgan fingerprint density at radius 1 is 1.08 bits per heavy atom. The predicted octanol–water partition coefficient (Wildman–Crippen LogP) is 3.31. The highest BCUT2D eigenvalue weighted by atomic mass is 16.5. The first-order valence-electron chi connectivity index (χ1n) is 7.54. The number of hydrogen-bond donors (Lipinski definition) is 1. The normalized spacial score (nSPS) is 10.4. The number of ether oxygens (including phenoxy) is 2. The molecule has 0 atom stereocenters. The summed E-state index contributed by atoms with van der Waals surface area (Å²) in [5.74, 6) is 1.75. The quantitative estimate of drug-likeness (QED) is 0.767. The monoisotopic (exact) mass is 339 g/mol. The molecule has 0 saturated heterocycles. The number of aromatic nitrogens is 2. The van der Waals surface area contributed by atoms with E-state index in [4.69, 9.17) is 14.0 Å². The maximum Gasteiger partial charge on any atom is 0.255 e. The molecule has 25 heavy (non-hydrogen) atoms. The van der Waals surface area contributed by atoms with Crippen molar-refractivity contribution in [1.29, 1.82) is 0 Å². The Morgan fingerprint density at radius 2 is 1.80 bits per heavy atom. The molecular formula is C18H17N3O4. The SMILES string of the molecule is COc1cc(OC)cc(C(=O)Nc2cccc(-c3noc(C)n3)c2)c1. The third-order valence-corrected chi connectivity index (χ3v) is 3.52. The van der Waals surface area contributed by atoms with Gasteiger partial charge >= 0.3 is 0 Å². The first kappa shape index (κ1) is 16.5. The molecule has 0 fully saturated rings. The number of nitrogens with zero attached hydrogens (tertiary/aromatic N) is 2. The molecular weight excluding hydrogens is 322 g/mol. The lowest BCUT2D eigenvalue weighted by atomic mass is 10.1. The van der Waals surface area contributed by atoms with E-state index < -0.39 is 0 Å². The van der Waals surface area contributed by atoms with Crippen LogP contribution in [-0.4, -0.2) is 30.3 Å². The molecule has 0 aliphatic carbocycles. The lowest BCUT2D eigenvalue weighted by molar-refractivity contribution is 0.102. The highest BCUT2D eigenvalue weighted by Gasteiger charge is 2.12. The molecule has 1 amide bonds. The second kappa shape index (κ2) is 7.04. The Kier molecular flexibility index (Phi) is 4.65. The number of amides is 1. The van der Waals surface area contributed by atoms with Crippen molar-refractivity contribution in [3.05, 3.63) is 53.9 Å². The summed E-state index contributed by atoms with van der Waals surface area (Å²) in [6, 6.07) is 12.2. The molecule has 1 aromatic heterocycles. The Balaban J connectivity index is 1.84. The molecule has 0 aliphatic heterocycles. The van der Waals surface area contributed by atoms with E-state index in [9.17, 15) is 4.79 Å². The van der Waals surface area contributed by atoms with Crippen molar-refractivity contribution >= 4 is 11.6 Å². The average Bonchev–Trinajstić information content (AvgIpc) is 3.08. The molecule has 2 aromatic carbocycles. The van der Waals surface area contributed by atoms with Crippen LogP contribution in [-0.2, 0) is 0 Å². The highest BCUT2D eigenvalue weighted by molar-refractivity contribution is 6.05. The molecule has 0 saturated carbocycles. The van der Waals surface area contributed by atoms with Crippen molar-refractivity contribution in [2.45, 2.75) is 6.92 Å². The van der Waals surface area contributed by atoms with Crippen LogP contribution in [0.15, 0.2) is 47.0 Å². The molecule has 7 heteroatoms. The minimum Gasteiger partial charge on any atom is -0.497 e. The van der Waals surface area contributed by atoms with E-state index in [0.717, 1.165) is 5.56 Å². The van der Waals surface area contributed by atoms with Gasteiger partial charge in [-0.2, -0.15) is 4.98 Å². The number of anilines is 1. The predicted molar refractivity (Wildman–Crippen MR) is 92.0 cm³/mol. The van der Waals surface area contributed by atoms with Crippen LogP contribution in [0.2, 0.25) is 0 Å². The van der Waals surface area contributed by atoms with Gasteiger partial charge in [-0.1, -0.05) is 17.3 Å². The van der Waals surface area contributed by atoms with Crippen molar-refractivity contribution < 1.29 is 18.8 Å². The Labute approximate surface area is 144 Å². The van der Waals surface area contributed by atoms with Gasteiger partial charge in [-0.3, -0.25) is 4.79 Å². The molecule has 7 nitrogen and oxygen atoms in total. The van der Waals surface area contributed by atoms with E-state index in [1.54, 1.807) is 37.3 Å². The topological polar surface area (TPSA) is 86.5 Å². The molecule has 1 heterocycles. The van der Waals surface area contributed by atoms with Crippen LogP contribution < -0.4 is 14.8 Å². The van der Waals surface area contributed by atoms with Crippen molar-refractivity contribution in [1.82, 2.24) is 10.1 Å². The average molecular weight is 339 g/mol. The summed E-state index contributed by atoms with van der Waals surface area (Å²) < 4.78 is 15.4. The Hall–Kier alpha value is -3.35. The maximum absolute atomic E-state index is 12.5.